The summed E-state index contributed by atoms with van der Waals surface area (Å²) in [7, 11) is -3.57. The SMILES string of the molecule is Cc1nc2c(c(=O)[nH]1)CN(S(=O)(=O)N1CCOCC1)C2. The zero-order valence-electron chi connectivity index (χ0n) is 11.1. The van der Waals surface area contributed by atoms with Gasteiger partial charge in [-0.3, -0.25) is 4.79 Å². The summed E-state index contributed by atoms with van der Waals surface area (Å²) < 4.78 is 32.9. The number of aromatic amines is 1. The molecule has 0 aliphatic carbocycles. The van der Waals surface area contributed by atoms with Crippen LogP contribution >= 0.6 is 0 Å². The quantitative estimate of drug-likeness (QED) is 0.753. The minimum atomic E-state index is -3.57. The molecule has 20 heavy (non-hydrogen) atoms. The number of morpholine rings is 1. The lowest BCUT2D eigenvalue weighted by molar-refractivity contribution is 0.0701. The number of H-pyrrole nitrogens is 1. The van der Waals surface area contributed by atoms with E-state index in [0.29, 0.717) is 43.4 Å². The maximum atomic E-state index is 12.5. The molecule has 1 fully saturated rings. The summed E-state index contributed by atoms with van der Waals surface area (Å²) in [4.78, 5) is 18.6. The highest BCUT2D eigenvalue weighted by atomic mass is 32.2. The molecular weight excluding hydrogens is 284 g/mol. The van der Waals surface area contributed by atoms with Gasteiger partial charge < -0.3 is 9.72 Å². The van der Waals surface area contributed by atoms with Crippen molar-refractivity contribution < 1.29 is 13.2 Å². The van der Waals surface area contributed by atoms with Crippen molar-refractivity contribution in [1.29, 1.82) is 0 Å². The summed E-state index contributed by atoms with van der Waals surface area (Å²) >= 11 is 0. The molecule has 1 aromatic heterocycles. The van der Waals surface area contributed by atoms with Crippen molar-refractivity contribution >= 4 is 10.2 Å². The zero-order valence-corrected chi connectivity index (χ0v) is 11.9. The molecule has 110 valence electrons. The van der Waals surface area contributed by atoms with E-state index in [1.54, 1.807) is 6.92 Å². The monoisotopic (exact) mass is 300 g/mol. The molecule has 3 rings (SSSR count). The topological polar surface area (TPSA) is 95.6 Å². The molecule has 8 nitrogen and oxygen atoms in total. The first kappa shape index (κ1) is 13.7. The fraction of sp³-hybridized carbons (Fsp3) is 0.636. The van der Waals surface area contributed by atoms with Crippen LogP contribution in [0.3, 0.4) is 0 Å². The first-order valence-corrected chi connectivity index (χ1v) is 7.80. The maximum absolute atomic E-state index is 12.5. The Morgan fingerprint density at radius 3 is 2.60 bits per heavy atom. The van der Waals surface area contributed by atoms with Crippen molar-refractivity contribution in [3.05, 3.63) is 27.4 Å². The Balaban J connectivity index is 1.87. The minimum Gasteiger partial charge on any atom is -0.379 e. The van der Waals surface area contributed by atoms with Crippen LogP contribution in [0.1, 0.15) is 17.1 Å². The Bertz CT molecular complexity index is 678. The lowest BCUT2D eigenvalue weighted by atomic mass is 10.3. The first-order valence-electron chi connectivity index (χ1n) is 6.40. The number of ether oxygens (including phenoxy) is 1. The standard InChI is InChI=1S/C11H16N4O4S/c1-8-12-10-7-15(6-9(10)11(16)13-8)20(17,18)14-2-4-19-5-3-14/h2-7H2,1H3,(H,12,13,16). The second-order valence-electron chi connectivity index (χ2n) is 4.86. The van der Waals surface area contributed by atoms with Crippen LogP contribution in [0.4, 0.5) is 0 Å². The summed E-state index contributed by atoms with van der Waals surface area (Å²) in [6, 6.07) is 0. The van der Waals surface area contributed by atoms with Crippen molar-refractivity contribution in [2.75, 3.05) is 26.3 Å². The maximum Gasteiger partial charge on any atom is 0.282 e. The van der Waals surface area contributed by atoms with Gasteiger partial charge in [-0.1, -0.05) is 0 Å². The molecule has 1 saturated heterocycles. The highest BCUT2D eigenvalue weighted by Crippen LogP contribution is 2.23. The molecule has 0 aromatic carbocycles. The van der Waals surface area contributed by atoms with Crippen molar-refractivity contribution in [1.82, 2.24) is 18.6 Å². The molecule has 0 amide bonds. The van der Waals surface area contributed by atoms with Crippen molar-refractivity contribution in [2.45, 2.75) is 20.0 Å². The van der Waals surface area contributed by atoms with E-state index in [-0.39, 0.29) is 18.6 Å². The summed E-state index contributed by atoms with van der Waals surface area (Å²) in [5.74, 6) is 0.499. The number of hydrogen-bond donors (Lipinski definition) is 1. The van der Waals surface area contributed by atoms with E-state index < -0.39 is 10.2 Å². The number of aromatic nitrogens is 2. The molecule has 9 heteroatoms. The summed E-state index contributed by atoms with van der Waals surface area (Å²) in [5, 5.41) is 0. The number of hydrogen-bond acceptors (Lipinski definition) is 5. The van der Waals surface area contributed by atoms with Gasteiger partial charge in [0.25, 0.3) is 15.8 Å². The third-order valence-electron chi connectivity index (χ3n) is 3.50. The molecule has 0 saturated carbocycles. The normalized spacial score (nSPS) is 21.1. The average Bonchev–Trinajstić information content (AvgIpc) is 2.84. The van der Waals surface area contributed by atoms with Crippen LogP contribution in [0.5, 0.6) is 0 Å². The highest BCUT2D eigenvalue weighted by molar-refractivity contribution is 7.86. The summed E-state index contributed by atoms with van der Waals surface area (Å²) in [6.45, 7) is 3.41. The van der Waals surface area contributed by atoms with Gasteiger partial charge in [-0.2, -0.15) is 17.0 Å². The van der Waals surface area contributed by atoms with Gasteiger partial charge in [-0.25, -0.2) is 4.98 Å². The fourth-order valence-corrected chi connectivity index (χ4v) is 3.98. The Kier molecular flexibility index (Phi) is 3.36. The van der Waals surface area contributed by atoms with Crippen LogP contribution < -0.4 is 5.56 Å². The number of nitrogens with one attached hydrogen (secondary N) is 1. The zero-order chi connectivity index (χ0) is 14.3. The molecule has 2 aliphatic rings. The van der Waals surface area contributed by atoms with Crippen LogP contribution in [0.25, 0.3) is 0 Å². The fourth-order valence-electron chi connectivity index (χ4n) is 2.47. The lowest BCUT2D eigenvalue weighted by Crippen LogP contribution is -2.47. The van der Waals surface area contributed by atoms with Gasteiger partial charge in [0.1, 0.15) is 5.82 Å². The van der Waals surface area contributed by atoms with Crippen LogP contribution in [0.2, 0.25) is 0 Å². The van der Waals surface area contributed by atoms with E-state index in [2.05, 4.69) is 9.97 Å². The van der Waals surface area contributed by atoms with Gasteiger partial charge >= 0.3 is 0 Å². The Hall–Kier alpha value is -1.29. The minimum absolute atomic E-state index is 0.0810. The van der Waals surface area contributed by atoms with Crippen LogP contribution in [0, 0.1) is 6.92 Å². The van der Waals surface area contributed by atoms with Crippen LogP contribution in [0.15, 0.2) is 4.79 Å². The predicted octanol–water partition coefficient (Wildman–Crippen LogP) is -1.03. The smallest absolute Gasteiger partial charge is 0.282 e. The summed E-state index contributed by atoms with van der Waals surface area (Å²) in [6.07, 6.45) is 0. The van der Waals surface area contributed by atoms with E-state index in [1.165, 1.54) is 8.61 Å². The Labute approximate surface area is 116 Å². The number of nitrogens with zero attached hydrogens (tertiary/aromatic N) is 3. The van der Waals surface area contributed by atoms with E-state index in [4.69, 9.17) is 4.74 Å². The van der Waals surface area contributed by atoms with Crippen LogP contribution in [-0.2, 0) is 28.0 Å². The molecule has 0 atom stereocenters. The number of fused-ring (bicyclic) bond motifs is 1. The van der Waals surface area contributed by atoms with E-state index in [1.807, 2.05) is 0 Å². The van der Waals surface area contributed by atoms with E-state index >= 15 is 0 Å². The van der Waals surface area contributed by atoms with Crippen molar-refractivity contribution in [2.24, 2.45) is 0 Å². The molecule has 1 aromatic rings. The largest absolute Gasteiger partial charge is 0.379 e. The summed E-state index contributed by atoms with van der Waals surface area (Å²) in [5.41, 5.74) is 0.725. The second kappa shape index (κ2) is 4.92. The van der Waals surface area contributed by atoms with Crippen LogP contribution in [-0.4, -0.2) is 53.3 Å². The highest BCUT2D eigenvalue weighted by Gasteiger charge is 2.36. The molecule has 0 bridgehead atoms. The predicted molar refractivity (Wildman–Crippen MR) is 70.2 cm³/mol. The lowest BCUT2D eigenvalue weighted by Gasteiger charge is -2.29. The second-order valence-corrected chi connectivity index (χ2v) is 6.79. The third-order valence-corrected chi connectivity index (χ3v) is 5.43. The van der Waals surface area contributed by atoms with Gasteiger partial charge in [0.2, 0.25) is 0 Å². The van der Waals surface area contributed by atoms with Crippen molar-refractivity contribution in [3.8, 4) is 0 Å². The van der Waals surface area contributed by atoms with Gasteiger partial charge in [-0.05, 0) is 6.92 Å². The van der Waals surface area contributed by atoms with Gasteiger partial charge in [0.05, 0.1) is 31.0 Å². The van der Waals surface area contributed by atoms with E-state index in [0.717, 1.165) is 0 Å². The molecule has 0 radical (unpaired) electrons. The number of rotatable bonds is 2. The van der Waals surface area contributed by atoms with Crippen molar-refractivity contribution in [3.63, 3.8) is 0 Å². The Morgan fingerprint density at radius 2 is 1.90 bits per heavy atom. The molecule has 0 unspecified atom stereocenters. The van der Waals surface area contributed by atoms with E-state index in [9.17, 15) is 13.2 Å². The van der Waals surface area contributed by atoms with Gasteiger partial charge in [-0.15, -0.1) is 0 Å². The van der Waals surface area contributed by atoms with Gasteiger partial charge in [0, 0.05) is 19.6 Å². The number of aryl methyl sites for hydroxylation is 1. The molecule has 3 heterocycles. The van der Waals surface area contributed by atoms with Gasteiger partial charge in [0.15, 0.2) is 0 Å². The molecule has 0 spiro atoms. The Morgan fingerprint density at radius 1 is 1.20 bits per heavy atom. The molecule has 2 aliphatic heterocycles. The average molecular weight is 300 g/mol. The first-order chi connectivity index (χ1) is 9.48. The molecular formula is C11H16N4O4S. The molecule has 1 N–H and O–H groups in total. The third kappa shape index (κ3) is 2.26.